The van der Waals surface area contributed by atoms with Crippen LogP contribution >= 0.6 is 0 Å². The Balaban J connectivity index is 1.69. The van der Waals surface area contributed by atoms with Gasteiger partial charge in [0, 0.05) is 38.9 Å². The van der Waals surface area contributed by atoms with E-state index in [9.17, 15) is 14.4 Å². The van der Waals surface area contributed by atoms with E-state index in [0.717, 1.165) is 25.9 Å². The van der Waals surface area contributed by atoms with Crippen LogP contribution in [0.25, 0.3) is 0 Å². The number of pyridine rings is 1. The molecule has 0 saturated carbocycles. The summed E-state index contributed by atoms with van der Waals surface area (Å²) in [5, 5.41) is 0. The summed E-state index contributed by atoms with van der Waals surface area (Å²) in [6.07, 6.45) is 3.51. The third kappa shape index (κ3) is 4.68. The fourth-order valence-electron chi connectivity index (χ4n) is 3.59. The maximum absolute atomic E-state index is 12.8. The molecule has 6 nitrogen and oxygen atoms in total. The molecule has 1 aliphatic rings. The van der Waals surface area contributed by atoms with Gasteiger partial charge in [0.05, 0.1) is 5.56 Å². The molecule has 0 N–H and O–H groups in total. The summed E-state index contributed by atoms with van der Waals surface area (Å²) in [5.41, 5.74) is 1.31. The van der Waals surface area contributed by atoms with Crippen molar-refractivity contribution in [1.82, 2.24) is 14.4 Å². The van der Waals surface area contributed by atoms with E-state index < -0.39 is 0 Å². The summed E-state index contributed by atoms with van der Waals surface area (Å²) in [6, 6.07) is 12.9. The SMILES string of the molecule is C[C@H](CN(C)C(=O)c1ccc(=O)n(CC(=O)N2CCCC2)c1)c1ccccc1. The van der Waals surface area contributed by atoms with Crippen LogP contribution in [-0.4, -0.2) is 52.9 Å². The summed E-state index contributed by atoms with van der Waals surface area (Å²) >= 11 is 0. The number of hydrogen-bond acceptors (Lipinski definition) is 3. The quantitative estimate of drug-likeness (QED) is 0.772. The average molecular weight is 381 g/mol. The molecule has 2 aromatic rings. The van der Waals surface area contributed by atoms with Crippen molar-refractivity contribution in [3.05, 3.63) is 70.1 Å². The standard InChI is InChI=1S/C22H27N3O3/c1-17(18-8-4-3-5-9-18)14-23(2)22(28)19-10-11-20(26)25(15-19)16-21(27)24-12-6-7-13-24/h3-5,8-11,15,17H,6-7,12-14,16H2,1-2H3/t17-/m1/s1. The molecule has 0 radical (unpaired) electrons. The van der Waals surface area contributed by atoms with Gasteiger partial charge in [-0.2, -0.15) is 0 Å². The van der Waals surface area contributed by atoms with E-state index in [4.69, 9.17) is 0 Å². The van der Waals surface area contributed by atoms with E-state index in [0.29, 0.717) is 12.1 Å². The first kappa shape index (κ1) is 19.9. The number of likely N-dealkylation sites (N-methyl/N-ethyl adjacent to an activating group) is 1. The predicted molar refractivity (Wildman–Crippen MR) is 108 cm³/mol. The minimum absolute atomic E-state index is 0.0237. The Hall–Kier alpha value is -2.89. The number of nitrogens with zero attached hydrogens (tertiary/aromatic N) is 3. The molecule has 0 aliphatic carbocycles. The monoisotopic (exact) mass is 381 g/mol. The molecule has 0 spiro atoms. The lowest BCUT2D eigenvalue weighted by Crippen LogP contribution is -2.35. The van der Waals surface area contributed by atoms with Crippen molar-refractivity contribution in [2.45, 2.75) is 32.2 Å². The summed E-state index contributed by atoms with van der Waals surface area (Å²) in [5.74, 6) is -0.0433. The van der Waals surface area contributed by atoms with Crippen LogP contribution in [0.1, 0.15) is 41.6 Å². The first-order chi connectivity index (χ1) is 13.5. The van der Waals surface area contributed by atoms with Crippen LogP contribution < -0.4 is 5.56 Å². The van der Waals surface area contributed by atoms with Gasteiger partial charge in [0.25, 0.3) is 11.5 Å². The molecule has 1 saturated heterocycles. The smallest absolute Gasteiger partial charge is 0.255 e. The largest absolute Gasteiger partial charge is 0.341 e. The Morgan fingerprint density at radius 3 is 2.43 bits per heavy atom. The van der Waals surface area contributed by atoms with Crippen molar-refractivity contribution in [3.63, 3.8) is 0 Å². The molecule has 0 unspecified atom stereocenters. The Morgan fingerprint density at radius 2 is 1.75 bits per heavy atom. The third-order valence-electron chi connectivity index (χ3n) is 5.26. The number of carbonyl (C=O) groups is 2. The summed E-state index contributed by atoms with van der Waals surface area (Å²) < 4.78 is 1.34. The van der Waals surface area contributed by atoms with Crippen LogP contribution in [0.2, 0.25) is 0 Å². The topological polar surface area (TPSA) is 62.6 Å². The number of likely N-dealkylation sites (tertiary alicyclic amines) is 1. The van der Waals surface area contributed by atoms with Gasteiger partial charge in [-0.15, -0.1) is 0 Å². The van der Waals surface area contributed by atoms with Gasteiger partial charge in [-0.1, -0.05) is 37.3 Å². The second-order valence-corrected chi connectivity index (χ2v) is 7.47. The van der Waals surface area contributed by atoms with Crippen LogP contribution in [0.4, 0.5) is 0 Å². The van der Waals surface area contributed by atoms with Gasteiger partial charge in [-0.05, 0) is 30.4 Å². The predicted octanol–water partition coefficient (Wildman–Crippen LogP) is 2.35. The van der Waals surface area contributed by atoms with Gasteiger partial charge in [-0.25, -0.2) is 0 Å². The first-order valence-electron chi connectivity index (χ1n) is 9.74. The molecule has 148 valence electrons. The van der Waals surface area contributed by atoms with Crippen molar-refractivity contribution >= 4 is 11.8 Å². The van der Waals surface area contributed by atoms with Crippen LogP contribution in [0.5, 0.6) is 0 Å². The lowest BCUT2D eigenvalue weighted by atomic mass is 10.0. The highest BCUT2D eigenvalue weighted by Gasteiger charge is 2.20. The van der Waals surface area contributed by atoms with Crippen LogP contribution in [0, 0.1) is 0 Å². The number of carbonyl (C=O) groups excluding carboxylic acids is 2. The summed E-state index contributed by atoms with van der Waals surface area (Å²) in [6.45, 7) is 4.10. The van der Waals surface area contributed by atoms with E-state index in [1.807, 2.05) is 30.3 Å². The minimum atomic E-state index is -0.274. The Morgan fingerprint density at radius 1 is 1.07 bits per heavy atom. The van der Waals surface area contributed by atoms with Crippen LogP contribution in [-0.2, 0) is 11.3 Å². The number of aromatic nitrogens is 1. The van der Waals surface area contributed by atoms with E-state index >= 15 is 0 Å². The average Bonchev–Trinajstić information content (AvgIpc) is 3.24. The van der Waals surface area contributed by atoms with Crippen molar-refractivity contribution in [3.8, 4) is 0 Å². The highest BCUT2D eigenvalue weighted by molar-refractivity contribution is 5.93. The molecule has 2 amide bonds. The van der Waals surface area contributed by atoms with Gasteiger partial charge in [0.15, 0.2) is 0 Å². The fourth-order valence-corrected chi connectivity index (χ4v) is 3.59. The van der Waals surface area contributed by atoms with Gasteiger partial charge in [-0.3, -0.25) is 14.4 Å². The number of hydrogen-bond donors (Lipinski definition) is 0. The van der Waals surface area contributed by atoms with E-state index in [1.54, 1.807) is 16.8 Å². The summed E-state index contributed by atoms with van der Waals surface area (Å²) in [4.78, 5) is 40.8. The van der Waals surface area contributed by atoms with Gasteiger partial charge >= 0.3 is 0 Å². The van der Waals surface area contributed by atoms with Crippen LogP contribution in [0.3, 0.4) is 0 Å². The molecule has 1 aromatic carbocycles. The molecule has 1 aromatic heterocycles. The molecule has 2 heterocycles. The molecule has 28 heavy (non-hydrogen) atoms. The van der Waals surface area contributed by atoms with Gasteiger partial charge < -0.3 is 14.4 Å². The third-order valence-corrected chi connectivity index (χ3v) is 5.26. The first-order valence-corrected chi connectivity index (χ1v) is 9.74. The normalized spacial score (nSPS) is 14.7. The maximum atomic E-state index is 12.8. The van der Waals surface area contributed by atoms with Crippen LogP contribution in [0.15, 0.2) is 53.5 Å². The Labute approximate surface area is 165 Å². The molecule has 6 heteroatoms. The highest BCUT2D eigenvalue weighted by Crippen LogP contribution is 2.16. The number of benzene rings is 1. The molecule has 0 bridgehead atoms. The molecule has 1 aliphatic heterocycles. The van der Waals surface area contributed by atoms with Crippen molar-refractivity contribution < 1.29 is 9.59 Å². The second kappa shape index (κ2) is 8.87. The fraction of sp³-hybridized carbons (Fsp3) is 0.409. The Bertz CT molecular complexity index is 885. The molecule has 3 rings (SSSR count). The zero-order valence-corrected chi connectivity index (χ0v) is 16.5. The van der Waals surface area contributed by atoms with Crippen molar-refractivity contribution in [1.29, 1.82) is 0 Å². The van der Waals surface area contributed by atoms with Crippen molar-refractivity contribution in [2.24, 2.45) is 0 Å². The van der Waals surface area contributed by atoms with E-state index in [-0.39, 0.29) is 29.8 Å². The molecule has 1 atom stereocenters. The lowest BCUT2D eigenvalue weighted by Gasteiger charge is -2.22. The molecule has 1 fully saturated rings. The van der Waals surface area contributed by atoms with Gasteiger partial charge in [0.2, 0.25) is 5.91 Å². The van der Waals surface area contributed by atoms with Gasteiger partial charge in [0.1, 0.15) is 6.54 Å². The molecular weight excluding hydrogens is 354 g/mol. The van der Waals surface area contributed by atoms with E-state index in [1.165, 1.54) is 28.5 Å². The van der Waals surface area contributed by atoms with Crippen molar-refractivity contribution in [2.75, 3.05) is 26.7 Å². The Kier molecular flexibility index (Phi) is 6.29. The maximum Gasteiger partial charge on any atom is 0.255 e. The highest BCUT2D eigenvalue weighted by atomic mass is 16.2. The summed E-state index contributed by atoms with van der Waals surface area (Å²) in [7, 11) is 1.76. The number of rotatable bonds is 6. The lowest BCUT2D eigenvalue weighted by molar-refractivity contribution is -0.130. The minimum Gasteiger partial charge on any atom is -0.341 e. The zero-order valence-electron chi connectivity index (χ0n) is 16.5. The number of amides is 2. The second-order valence-electron chi connectivity index (χ2n) is 7.47. The zero-order chi connectivity index (χ0) is 20.1. The molecular formula is C22H27N3O3. The van der Waals surface area contributed by atoms with E-state index in [2.05, 4.69) is 6.92 Å².